The van der Waals surface area contributed by atoms with Gasteiger partial charge in [0.25, 0.3) is 11.8 Å². The van der Waals surface area contributed by atoms with Crippen LogP contribution in [0.15, 0.2) is 54.2 Å². The maximum absolute atomic E-state index is 12.7. The molecule has 3 N–H and O–H groups in total. The zero-order chi connectivity index (χ0) is 23.8. The Kier molecular flexibility index (Phi) is 8.11. The predicted octanol–water partition coefficient (Wildman–Crippen LogP) is 3.77. The van der Waals surface area contributed by atoms with E-state index < -0.39 is 31.0 Å². The minimum Gasteiger partial charge on any atom is -0.493 e. The van der Waals surface area contributed by atoms with Gasteiger partial charge in [-0.15, -0.1) is 0 Å². The first kappa shape index (κ1) is 24.3. The zero-order valence-electron chi connectivity index (χ0n) is 17.8. The molecule has 0 aliphatic heterocycles. The van der Waals surface area contributed by atoms with Crippen LogP contribution in [-0.2, 0) is 4.79 Å². The number of hydrogen-bond acceptors (Lipinski definition) is 4. The van der Waals surface area contributed by atoms with E-state index in [-0.39, 0.29) is 30.2 Å². The highest BCUT2D eigenvalue weighted by Crippen LogP contribution is 2.39. The maximum atomic E-state index is 12.7. The molecule has 3 rings (SSSR count). The van der Waals surface area contributed by atoms with E-state index in [9.17, 15) is 22.8 Å². The number of carbonyl (C=O) groups is 2. The Morgan fingerprint density at radius 1 is 1.06 bits per heavy atom. The summed E-state index contributed by atoms with van der Waals surface area (Å²) in [4.78, 5) is 25.2. The maximum Gasteiger partial charge on any atom is 0.392 e. The summed E-state index contributed by atoms with van der Waals surface area (Å²) in [6.07, 6.45) is -1.50. The van der Waals surface area contributed by atoms with E-state index in [1.165, 1.54) is 48.7 Å². The Bertz CT molecular complexity index is 982. The summed E-state index contributed by atoms with van der Waals surface area (Å²) < 4.78 is 41.7. The number of amides is 2. The van der Waals surface area contributed by atoms with Crippen LogP contribution in [0.25, 0.3) is 6.08 Å². The number of benzene rings is 2. The Balaban J connectivity index is 1.68. The van der Waals surface area contributed by atoms with Gasteiger partial charge in [-0.1, -0.05) is 24.3 Å². The summed E-state index contributed by atoms with van der Waals surface area (Å²) in [5, 5.41) is 14.0. The predicted molar refractivity (Wildman–Crippen MR) is 117 cm³/mol. The molecule has 0 unspecified atom stereocenters. The van der Waals surface area contributed by atoms with Gasteiger partial charge >= 0.3 is 6.18 Å². The largest absolute Gasteiger partial charge is 0.493 e. The molecule has 9 heteroatoms. The van der Waals surface area contributed by atoms with Crippen LogP contribution in [0.3, 0.4) is 0 Å². The average Bonchev–Trinajstić information content (AvgIpc) is 3.62. The number of rotatable bonds is 10. The number of aliphatic hydroxyl groups is 1. The molecule has 0 saturated heterocycles. The molecule has 1 saturated carbocycles. The highest BCUT2D eigenvalue weighted by Gasteiger charge is 2.27. The molecule has 1 fully saturated rings. The zero-order valence-corrected chi connectivity index (χ0v) is 17.8. The molecule has 0 aromatic heterocycles. The average molecular weight is 462 g/mol. The van der Waals surface area contributed by atoms with Crippen molar-refractivity contribution in [3.8, 4) is 5.75 Å². The van der Waals surface area contributed by atoms with Crippen LogP contribution in [0.4, 0.5) is 13.2 Å². The number of halogens is 3. The summed E-state index contributed by atoms with van der Waals surface area (Å²) in [6.45, 7) is -0.748. The molecule has 0 heterocycles. The van der Waals surface area contributed by atoms with E-state index in [2.05, 4.69) is 10.6 Å². The van der Waals surface area contributed by atoms with Crippen molar-refractivity contribution in [3.05, 3.63) is 70.9 Å². The lowest BCUT2D eigenvalue weighted by atomic mass is 10.1. The SMILES string of the molecule is O=C(NCCO)/C(=C\c1ccc(C2CC2)cc1)NC(=O)c1ccc(OCCC(F)(F)F)cc1. The standard InChI is InChI=1S/C24H25F3N2O4/c25-24(26,27)11-14-33-20-9-7-19(8-10-20)22(31)29-21(23(32)28-12-13-30)15-16-1-3-17(4-2-16)18-5-6-18/h1-4,7-10,15,18,30H,5-6,11-14H2,(H,28,32)(H,29,31)/b21-15+. The third-order valence-electron chi connectivity index (χ3n) is 4.96. The van der Waals surface area contributed by atoms with Gasteiger partial charge in [0.05, 0.1) is 19.6 Å². The number of carbonyl (C=O) groups excluding carboxylic acids is 2. The molecule has 2 amide bonds. The van der Waals surface area contributed by atoms with Crippen molar-refractivity contribution in [1.29, 1.82) is 0 Å². The summed E-state index contributed by atoms with van der Waals surface area (Å²) in [7, 11) is 0. The molecule has 6 nitrogen and oxygen atoms in total. The summed E-state index contributed by atoms with van der Waals surface area (Å²) in [5.74, 6) is -0.342. The highest BCUT2D eigenvalue weighted by atomic mass is 19.4. The molecule has 2 aromatic rings. The Labute approximate surface area is 189 Å². The monoisotopic (exact) mass is 462 g/mol. The van der Waals surface area contributed by atoms with Crippen LogP contribution in [0.2, 0.25) is 0 Å². The van der Waals surface area contributed by atoms with E-state index in [1.54, 1.807) is 0 Å². The van der Waals surface area contributed by atoms with Crippen LogP contribution in [0, 0.1) is 0 Å². The van der Waals surface area contributed by atoms with Gasteiger partial charge in [-0.25, -0.2) is 0 Å². The van der Waals surface area contributed by atoms with Crippen molar-refractivity contribution in [2.24, 2.45) is 0 Å². The van der Waals surface area contributed by atoms with Crippen molar-refractivity contribution in [3.63, 3.8) is 0 Å². The van der Waals surface area contributed by atoms with Crippen LogP contribution >= 0.6 is 0 Å². The Morgan fingerprint density at radius 3 is 2.30 bits per heavy atom. The molecule has 1 aliphatic carbocycles. The Morgan fingerprint density at radius 2 is 1.73 bits per heavy atom. The molecule has 1 aliphatic rings. The lowest BCUT2D eigenvalue weighted by Gasteiger charge is -2.12. The molecule has 33 heavy (non-hydrogen) atoms. The normalized spacial score (nSPS) is 14.0. The van der Waals surface area contributed by atoms with E-state index in [0.29, 0.717) is 5.92 Å². The van der Waals surface area contributed by atoms with Crippen molar-refractivity contribution >= 4 is 17.9 Å². The van der Waals surface area contributed by atoms with Gasteiger partial charge in [-0.2, -0.15) is 13.2 Å². The van der Waals surface area contributed by atoms with Gasteiger partial charge < -0.3 is 20.5 Å². The number of alkyl halides is 3. The minimum absolute atomic E-state index is 0.00174. The van der Waals surface area contributed by atoms with Crippen LogP contribution in [-0.4, -0.2) is 42.9 Å². The second-order valence-corrected chi connectivity index (χ2v) is 7.67. The number of nitrogens with one attached hydrogen (secondary N) is 2. The first-order chi connectivity index (χ1) is 15.7. The van der Waals surface area contributed by atoms with E-state index >= 15 is 0 Å². The van der Waals surface area contributed by atoms with Crippen molar-refractivity contribution < 1.29 is 32.6 Å². The second kappa shape index (κ2) is 11.0. The van der Waals surface area contributed by atoms with E-state index in [4.69, 9.17) is 9.84 Å². The van der Waals surface area contributed by atoms with Gasteiger partial charge in [0.2, 0.25) is 0 Å². The molecule has 0 spiro atoms. The van der Waals surface area contributed by atoms with Gasteiger partial charge in [0.1, 0.15) is 11.4 Å². The van der Waals surface area contributed by atoms with Gasteiger partial charge in [-0.3, -0.25) is 9.59 Å². The lowest BCUT2D eigenvalue weighted by Crippen LogP contribution is -2.36. The fraction of sp³-hybridized carbons (Fsp3) is 0.333. The highest BCUT2D eigenvalue weighted by molar-refractivity contribution is 6.05. The smallest absolute Gasteiger partial charge is 0.392 e. The minimum atomic E-state index is -4.31. The molecule has 176 valence electrons. The lowest BCUT2D eigenvalue weighted by molar-refractivity contribution is -0.139. The number of aliphatic hydroxyl groups excluding tert-OH is 1. The summed E-state index contributed by atoms with van der Waals surface area (Å²) in [5.41, 5.74) is 2.16. The van der Waals surface area contributed by atoms with Crippen LogP contribution in [0.1, 0.15) is 46.7 Å². The number of hydrogen-bond donors (Lipinski definition) is 3. The van der Waals surface area contributed by atoms with Crippen LogP contribution in [0.5, 0.6) is 5.75 Å². The van der Waals surface area contributed by atoms with Crippen molar-refractivity contribution in [2.45, 2.75) is 31.4 Å². The fourth-order valence-corrected chi connectivity index (χ4v) is 3.05. The third kappa shape index (κ3) is 7.94. The molecular weight excluding hydrogens is 437 g/mol. The first-order valence-electron chi connectivity index (χ1n) is 10.6. The quantitative estimate of drug-likeness (QED) is 0.469. The van der Waals surface area contributed by atoms with Gasteiger partial charge in [0.15, 0.2) is 0 Å². The van der Waals surface area contributed by atoms with E-state index in [1.807, 2.05) is 24.3 Å². The summed E-state index contributed by atoms with van der Waals surface area (Å²) >= 11 is 0. The number of ether oxygens (including phenoxy) is 1. The van der Waals surface area contributed by atoms with Crippen molar-refractivity contribution in [2.75, 3.05) is 19.8 Å². The van der Waals surface area contributed by atoms with Crippen LogP contribution < -0.4 is 15.4 Å². The summed E-state index contributed by atoms with van der Waals surface area (Å²) in [6, 6.07) is 13.3. The third-order valence-corrected chi connectivity index (χ3v) is 4.96. The second-order valence-electron chi connectivity index (χ2n) is 7.67. The Hall–Kier alpha value is -3.33. The molecule has 0 atom stereocenters. The van der Waals surface area contributed by atoms with E-state index in [0.717, 1.165) is 5.56 Å². The van der Waals surface area contributed by atoms with Gasteiger partial charge in [0, 0.05) is 12.1 Å². The fourth-order valence-electron chi connectivity index (χ4n) is 3.05. The van der Waals surface area contributed by atoms with Gasteiger partial charge in [-0.05, 0) is 60.2 Å². The molecule has 0 radical (unpaired) electrons. The molecular formula is C24H25F3N2O4. The molecule has 0 bridgehead atoms. The topological polar surface area (TPSA) is 87.7 Å². The molecule has 2 aromatic carbocycles. The van der Waals surface area contributed by atoms with Crippen molar-refractivity contribution in [1.82, 2.24) is 10.6 Å². The first-order valence-corrected chi connectivity index (χ1v) is 10.6.